The average molecular weight is 274 g/mol. The third kappa shape index (κ3) is 2.39. The van der Waals surface area contributed by atoms with Gasteiger partial charge >= 0.3 is 0 Å². The molecular formula is C18H14N2O. The van der Waals surface area contributed by atoms with E-state index in [9.17, 15) is 5.26 Å². The Kier molecular flexibility index (Phi) is 3.21. The molecular weight excluding hydrogens is 260 g/mol. The molecule has 3 nitrogen and oxygen atoms in total. The van der Waals surface area contributed by atoms with Gasteiger partial charge in [0.1, 0.15) is 5.75 Å². The van der Waals surface area contributed by atoms with Gasteiger partial charge in [-0.3, -0.25) is 0 Å². The van der Waals surface area contributed by atoms with Crippen molar-refractivity contribution in [2.24, 2.45) is 0 Å². The van der Waals surface area contributed by atoms with Crippen molar-refractivity contribution in [3.8, 4) is 17.6 Å². The number of hydrogen-bond donors (Lipinski definition) is 1. The van der Waals surface area contributed by atoms with Crippen LogP contribution >= 0.6 is 0 Å². The lowest BCUT2D eigenvalue weighted by molar-refractivity contribution is 0.490. The van der Waals surface area contributed by atoms with Crippen LogP contribution in [0.1, 0.15) is 11.1 Å². The maximum atomic E-state index is 9.19. The molecule has 0 aliphatic heterocycles. The smallest absolute Gasteiger partial charge is 0.150 e. The molecule has 102 valence electrons. The Morgan fingerprint density at radius 3 is 2.48 bits per heavy atom. The van der Waals surface area contributed by atoms with E-state index in [0.29, 0.717) is 22.7 Å². The summed E-state index contributed by atoms with van der Waals surface area (Å²) >= 11 is 0. The number of nitriles is 1. The van der Waals surface area contributed by atoms with E-state index >= 15 is 0 Å². The molecule has 0 saturated heterocycles. The van der Waals surface area contributed by atoms with Gasteiger partial charge in [0.15, 0.2) is 5.75 Å². The van der Waals surface area contributed by atoms with Crippen LogP contribution in [0.2, 0.25) is 0 Å². The number of hydrogen-bond acceptors (Lipinski definition) is 3. The minimum absolute atomic E-state index is 0.592. The van der Waals surface area contributed by atoms with Crippen LogP contribution in [-0.4, -0.2) is 0 Å². The van der Waals surface area contributed by atoms with E-state index in [1.165, 1.54) is 0 Å². The second-order valence-corrected chi connectivity index (χ2v) is 4.91. The third-order valence-corrected chi connectivity index (χ3v) is 3.39. The molecule has 0 amide bonds. The fourth-order valence-electron chi connectivity index (χ4n) is 2.31. The van der Waals surface area contributed by atoms with E-state index in [4.69, 9.17) is 10.5 Å². The summed E-state index contributed by atoms with van der Waals surface area (Å²) in [6.45, 7) is 1.99. The molecule has 0 aromatic heterocycles. The molecule has 0 heterocycles. The number of rotatable bonds is 2. The number of ether oxygens (including phenoxy) is 1. The molecule has 21 heavy (non-hydrogen) atoms. The van der Waals surface area contributed by atoms with Crippen LogP contribution in [0, 0.1) is 18.3 Å². The van der Waals surface area contributed by atoms with Crippen LogP contribution in [0.15, 0.2) is 54.6 Å². The van der Waals surface area contributed by atoms with Gasteiger partial charge in [-0.15, -0.1) is 0 Å². The van der Waals surface area contributed by atoms with Gasteiger partial charge in [-0.2, -0.15) is 5.26 Å². The second kappa shape index (κ2) is 5.18. The van der Waals surface area contributed by atoms with Gasteiger partial charge in [0.25, 0.3) is 0 Å². The average Bonchev–Trinajstić information content (AvgIpc) is 2.51. The molecule has 0 spiro atoms. The summed E-state index contributed by atoms with van der Waals surface area (Å²) in [5.74, 6) is 1.33. The lowest BCUT2D eigenvalue weighted by atomic mass is 10.0. The second-order valence-electron chi connectivity index (χ2n) is 4.91. The van der Waals surface area contributed by atoms with Gasteiger partial charge in [-0.05, 0) is 36.8 Å². The van der Waals surface area contributed by atoms with Crippen LogP contribution in [0.4, 0.5) is 5.69 Å². The van der Waals surface area contributed by atoms with Crippen LogP contribution in [0.3, 0.4) is 0 Å². The van der Waals surface area contributed by atoms with E-state index in [1.54, 1.807) is 6.07 Å². The van der Waals surface area contributed by atoms with Crippen LogP contribution in [-0.2, 0) is 0 Å². The summed E-state index contributed by atoms with van der Waals surface area (Å²) in [4.78, 5) is 0. The van der Waals surface area contributed by atoms with E-state index in [1.807, 2.05) is 55.5 Å². The molecule has 3 rings (SSSR count). The standard InChI is InChI=1S/C18H14N2O/c1-12-6-8-16(20)18(10-12)21-17-9-7-13(11-19)14-4-2-3-5-15(14)17/h2-10H,20H2,1H3. The zero-order valence-corrected chi connectivity index (χ0v) is 11.6. The van der Waals surface area contributed by atoms with Gasteiger partial charge in [-0.25, -0.2) is 0 Å². The Morgan fingerprint density at radius 2 is 1.71 bits per heavy atom. The first-order chi connectivity index (χ1) is 10.2. The van der Waals surface area contributed by atoms with Gasteiger partial charge in [0.05, 0.1) is 17.3 Å². The molecule has 0 bridgehead atoms. The first-order valence-electron chi connectivity index (χ1n) is 6.65. The summed E-state index contributed by atoms with van der Waals surface area (Å²) in [5.41, 5.74) is 8.27. The van der Waals surface area contributed by atoms with E-state index in [-0.39, 0.29) is 0 Å². The van der Waals surface area contributed by atoms with Crippen molar-refractivity contribution in [1.29, 1.82) is 5.26 Å². The zero-order valence-electron chi connectivity index (χ0n) is 11.6. The van der Waals surface area contributed by atoms with Crippen molar-refractivity contribution < 1.29 is 4.74 Å². The highest BCUT2D eigenvalue weighted by Crippen LogP contribution is 2.34. The quantitative estimate of drug-likeness (QED) is 0.705. The molecule has 3 aromatic carbocycles. The van der Waals surface area contributed by atoms with Gasteiger partial charge in [-0.1, -0.05) is 30.3 Å². The fourth-order valence-corrected chi connectivity index (χ4v) is 2.31. The largest absolute Gasteiger partial charge is 0.455 e. The van der Waals surface area contributed by atoms with Gasteiger partial charge in [0, 0.05) is 10.8 Å². The van der Waals surface area contributed by atoms with Crippen molar-refractivity contribution in [2.75, 3.05) is 5.73 Å². The molecule has 2 N–H and O–H groups in total. The minimum Gasteiger partial charge on any atom is -0.455 e. The zero-order chi connectivity index (χ0) is 14.8. The topological polar surface area (TPSA) is 59.0 Å². The number of nitrogen functional groups attached to an aromatic ring is 1. The third-order valence-electron chi connectivity index (χ3n) is 3.39. The van der Waals surface area contributed by atoms with E-state index in [0.717, 1.165) is 16.3 Å². The van der Waals surface area contributed by atoms with Crippen LogP contribution in [0.25, 0.3) is 10.8 Å². The fraction of sp³-hybridized carbons (Fsp3) is 0.0556. The summed E-state index contributed by atoms with van der Waals surface area (Å²) in [5, 5.41) is 11.0. The number of anilines is 1. The maximum Gasteiger partial charge on any atom is 0.150 e. The number of fused-ring (bicyclic) bond motifs is 1. The predicted octanol–water partition coefficient (Wildman–Crippen LogP) is 4.39. The summed E-state index contributed by atoms with van der Waals surface area (Å²) in [6, 6.07) is 19.2. The van der Waals surface area contributed by atoms with Gasteiger partial charge in [0.2, 0.25) is 0 Å². The molecule has 0 fully saturated rings. The molecule has 0 unspecified atom stereocenters. The molecule has 0 aliphatic rings. The van der Waals surface area contributed by atoms with Crippen LogP contribution < -0.4 is 10.5 Å². The Bertz CT molecular complexity index is 863. The van der Waals surface area contributed by atoms with Gasteiger partial charge < -0.3 is 10.5 Å². The van der Waals surface area contributed by atoms with E-state index in [2.05, 4.69) is 6.07 Å². The van der Waals surface area contributed by atoms with Crippen molar-refractivity contribution >= 4 is 16.5 Å². The number of aryl methyl sites for hydroxylation is 1. The summed E-state index contributed by atoms with van der Waals surface area (Å²) < 4.78 is 5.97. The van der Waals surface area contributed by atoms with E-state index < -0.39 is 0 Å². The lowest BCUT2D eigenvalue weighted by Crippen LogP contribution is -1.94. The summed E-state index contributed by atoms with van der Waals surface area (Å²) in [6.07, 6.45) is 0. The Morgan fingerprint density at radius 1 is 0.952 bits per heavy atom. The molecule has 0 radical (unpaired) electrons. The van der Waals surface area contributed by atoms with Crippen LogP contribution in [0.5, 0.6) is 11.5 Å². The minimum atomic E-state index is 0.592. The number of benzene rings is 3. The summed E-state index contributed by atoms with van der Waals surface area (Å²) in [7, 11) is 0. The van der Waals surface area contributed by atoms with Crippen molar-refractivity contribution in [1.82, 2.24) is 0 Å². The Labute approximate surface area is 123 Å². The maximum absolute atomic E-state index is 9.19. The molecule has 0 saturated carbocycles. The van der Waals surface area contributed by atoms with Crippen molar-refractivity contribution in [3.05, 3.63) is 65.7 Å². The predicted molar refractivity (Wildman–Crippen MR) is 84.3 cm³/mol. The van der Waals surface area contributed by atoms with Crippen molar-refractivity contribution in [3.63, 3.8) is 0 Å². The normalized spacial score (nSPS) is 10.3. The Balaban J connectivity index is 2.14. The molecule has 0 atom stereocenters. The highest BCUT2D eigenvalue weighted by atomic mass is 16.5. The Hall–Kier alpha value is -2.99. The highest BCUT2D eigenvalue weighted by molar-refractivity contribution is 5.93. The first-order valence-corrected chi connectivity index (χ1v) is 6.65. The molecule has 3 heteroatoms. The molecule has 0 aliphatic carbocycles. The van der Waals surface area contributed by atoms with Crippen molar-refractivity contribution in [2.45, 2.75) is 6.92 Å². The first kappa shape index (κ1) is 13.0. The highest BCUT2D eigenvalue weighted by Gasteiger charge is 2.09. The number of nitrogens with two attached hydrogens (primary N) is 1. The number of nitrogens with zero attached hydrogens (tertiary/aromatic N) is 1. The monoisotopic (exact) mass is 274 g/mol. The lowest BCUT2D eigenvalue weighted by Gasteiger charge is -2.12. The SMILES string of the molecule is Cc1ccc(N)c(Oc2ccc(C#N)c3ccccc23)c1. The molecule has 3 aromatic rings.